The van der Waals surface area contributed by atoms with Crippen LogP contribution in [0.4, 0.5) is 11.4 Å². The van der Waals surface area contributed by atoms with E-state index in [0.717, 1.165) is 56.4 Å². The molecule has 0 unspecified atom stereocenters. The number of nitrogens with two attached hydrogens (primary N) is 1. The van der Waals surface area contributed by atoms with E-state index in [1.165, 1.54) is 6.07 Å². The Morgan fingerprint density at radius 2 is 1.72 bits per heavy atom. The van der Waals surface area contributed by atoms with E-state index in [1.807, 2.05) is 24.3 Å². The molecule has 3 rings (SSSR count). The number of phosphoric acid groups is 1. The number of unbranched alkanes of at least 4 members (excludes halogenated alkanes) is 5. The number of nitrogens with one attached hydrogen (secondary N) is 1. The highest BCUT2D eigenvalue weighted by Crippen LogP contribution is 2.37. The van der Waals surface area contributed by atoms with E-state index in [9.17, 15) is 14.7 Å². The third-order valence-electron chi connectivity index (χ3n) is 6.22. The van der Waals surface area contributed by atoms with Crippen molar-refractivity contribution in [3.05, 3.63) is 52.1 Å². The van der Waals surface area contributed by atoms with Gasteiger partial charge < -0.3 is 25.6 Å². The van der Waals surface area contributed by atoms with Gasteiger partial charge in [-0.25, -0.2) is 9.19 Å². The van der Waals surface area contributed by atoms with Crippen molar-refractivity contribution in [3.8, 4) is 5.75 Å². The van der Waals surface area contributed by atoms with Crippen molar-refractivity contribution >= 4 is 30.2 Å². The lowest BCUT2D eigenvalue weighted by Crippen LogP contribution is -2.41. The Hall–Kier alpha value is -3.09. The fourth-order valence-corrected chi connectivity index (χ4v) is 4.44. The van der Waals surface area contributed by atoms with E-state index in [4.69, 9.17) is 20.3 Å². The third-order valence-corrected chi connectivity index (χ3v) is 6.68. The second-order valence-electron chi connectivity index (χ2n) is 9.81. The molecule has 3 aromatic rings. The van der Waals surface area contributed by atoms with Crippen LogP contribution in [0.5, 0.6) is 5.75 Å². The van der Waals surface area contributed by atoms with Crippen LogP contribution in [-0.2, 0) is 15.5 Å². The number of non-ortho nitro benzene ring substituents is 1. The molecule has 0 amide bonds. The van der Waals surface area contributed by atoms with E-state index in [1.54, 1.807) is 13.0 Å². The summed E-state index contributed by atoms with van der Waals surface area (Å²) in [7, 11) is -4.53. The Labute approximate surface area is 226 Å². The first-order valence-corrected chi connectivity index (χ1v) is 14.4. The highest BCUT2D eigenvalue weighted by atomic mass is 31.2. The summed E-state index contributed by atoms with van der Waals surface area (Å²) in [5.41, 5.74) is 7.34. The van der Waals surface area contributed by atoms with Gasteiger partial charge in [-0.05, 0) is 66.7 Å². The lowest BCUT2D eigenvalue weighted by Gasteiger charge is -2.24. The molecule has 0 aliphatic heterocycles. The van der Waals surface area contributed by atoms with Gasteiger partial charge in [0.2, 0.25) is 5.52 Å². The minimum atomic E-state index is -4.53. The number of nitro groups is 1. The van der Waals surface area contributed by atoms with Crippen LogP contribution < -0.4 is 15.8 Å². The van der Waals surface area contributed by atoms with Crippen LogP contribution in [0.3, 0.4) is 0 Å². The lowest BCUT2D eigenvalue weighted by molar-refractivity contribution is -0.383. The molecule has 14 heteroatoms. The topological polar surface area (TPSA) is 196 Å². The van der Waals surface area contributed by atoms with Crippen LogP contribution in [0, 0.1) is 10.1 Å². The molecule has 0 aliphatic rings. The summed E-state index contributed by atoms with van der Waals surface area (Å²) in [5.74, 6) is 0.799. The van der Waals surface area contributed by atoms with Crippen molar-refractivity contribution in [2.45, 2.75) is 63.8 Å². The maximum atomic E-state index is 11.1. The van der Waals surface area contributed by atoms with Crippen molar-refractivity contribution < 1.29 is 33.2 Å². The van der Waals surface area contributed by atoms with Gasteiger partial charge in [-0.3, -0.25) is 14.6 Å². The van der Waals surface area contributed by atoms with Crippen LogP contribution in [0.15, 0.2) is 41.0 Å². The monoisotopic (exact) mass is 565 g/mol. The number of hydrogen-bond donors (Lipinski definition) is 4. The predicted octanol–water partition coefficient (Wildman–Crippen LogP) is 4.72. The summed E-state index contributed by atoms with van der Waals surface area (Å²) in [4.78, 5) is 28.2. The molecule has 0 bridgehead atoms. The van der Waals surface area contributed by atoms with Gasteiger partial charge in [0, 0.05) is 18.2 Å². The first-order chi connectivity index (χ1) is 18.5. The summed E-state index contributed by atoms with van der Waals surface area (Å²) < 4.78 is 25.9. The maximum Gasteiger partial charge on any atom is 0.469 e. The molecule has 1 atom stereocenters. The number of hydrogen-bond acceptors (Lipinski definition) is 10. The first kappa shape index (κ1) is 30.5. The summed E-state index contributed by atoms with van der Waals surface area (Å²) in [5, 5.41) is 21.7. The average molecular weight is 566 g/mol. The van der Waals surface area contributed by atoms with Crippen molar-refractivity contribution in [2.24, 2.45) is 5.73 Å². The van der Waals surface area contributed by atoms with Crippen LogP contribution in [0.25, 0.3) is 11.0 Å². The minimum absolute atomic E-state index is 0.126. The fraction of sp³-hybridized carbons (Fsp3) is 0.520. The van der Waals surface area contributed by atoms with Gasteiger partial charge in [0.1, 0.15) is 5.75 Å². The number of anilines is 1. The first-order valence-electron chi connectivity index (χ1n) is 12.9. The molecular formula is C25H36N5O8P. The fourth-order valence-electron chi connectivity index (χ4n) is 3.98. The van der Waals surface area contributed by atoms with Gasteiger partial charge in [-0.1, -0.05) is 37.8 Å². The highest BCUT2D eigenvalue weighted by molar-refractivity contribution is 7.46. The Morgan fingerprint density at radius 1 is 1.05 bits per heavy atom. The molecular weight excluding hydrogens is 529 g/mol. The number of aryl methyl sites for hydroxylation is 1. The largest absolute Gasteiger partial charge is 0.494 e. The molecule has 0 spiro atoms. The maximum absolute atomic E-state index is 11.1. The summed E-state index contributed by atoms with van der Waals surface area (Å²) in [6.07, 6.45) is 7.46. The zero-order chi connectivity index (χ0) is 28.3. The Balaban J connectivity index is 1.23. The van der Waals surface area contributed by atoms with E-state index in [2.05, 4.69) is 24.8 Å². The number of phosphoric ester groups is 1. The minimum Gasteiger partial charge on any atom is -0.494 e. The van der Waals surface area contributed by atoms with E-state index >= 15 is 0 Å². The second kappa shape index (κ2) is 14.3. The number of rotatable bonds is 18. The van der Waals surface area contributed by atoms with Crippen LogP contribution in [-0.4, -0.2) is 50.3 Å². The Morgan fingerprint density at radius 3 is 2.41 bits per heavy atom. The second-order valence-corrected chi connectivity index (χ2v) is 11.0. The third kappa shape index (κ3) is 10.5. The van der Waals surface area contributed by atoms with Gasteiger partial charge in [0.15, 0.2) is 5.52 Å². The van der Waals surface area contributed by atoms with Gasteiger partial charge in [-0.15, -0.1) is 0 Å². The smallest absolute Gasteiger partial charge is 0.469 e. The lowest BCUT2D eigenvalue weighted by atomic mass is 9.95. The molecule has 0 fully saturated rings. The zero-order valence-electron chi connectivity index (χ0n) is 22.0. The Bertz CT molecular complexity index is 1240. The molecule has 0 aliphatic carbocycles. The van der Waals surface area contributed by atoms with Crippen LogP contribution in [0.1, 0.15) is 57.4 Å². The molecule has 39 heavy (non-hydrogen) atoms. The van der Waals surface area contributed by atoms with Crippen molar-refractivity contribution in [3.63, 3.8) is 0 Å². The van der Waals surface area contributed by atoms with Crippen molar-refractivity contribution in [1.82, 2.24) is 10.3 Å². The summed E-state index contributed by atoms with van der Waals surface area (Å²) in [6.45, 7) is 2.85. The molecule has 1 aromatic heterocycles. The number of fused-ring (bicyclic) bond motifs is 1. The van der Waals surface area contributed by atoms with Crippen LogP contribution >= 0.6 is 7.82 Å². The molecule has 1 heterocycles. The van der Waals surface area contributed by atoms with Crippen LogP contribution in [0.2, 0.25) is 0 Å². The number of nitro benzene ring substituents is 1. The van der Waals surface area contributed by atoms with Crippen molar-refractivity contribution in [2.75, 3.05) is 25.1 Å². The zero-order valence-corrected chi connectivity index (χ0v) is 22.8. The molecule has 13 nitrogen and oxygen atoms in total. The molecule has 2 aromatic carbocycles. The van der Waals surface area contributed by atoms with Crippen molar-refractivity contribution in [1.29, 1.82) is 0 Å². The van der Waals surface area contributed by atoms with Gasteiger partial charge in [0.25, 0.3) is 0 Å². The Kier molecular flexibility index (Phi) is 11.2. The van der Waals surface area contributed by atoms with E-state index in [-0.39, 0.29) is 17.8 Å². The van der Waals surface area contributed by atoms with Gasteiger partial charge in [-0.2, -0.15) is 0 Å². The summed E-state index contributed by atoms with van der Waals surface area (Å²) in [6, 6.07) is 10.8. The normalized spacial score (nSPS) is 13.3. The average Bonchev–Trinajstić information content (AvgIpc) is 3.38. The quantitative estimate of drug-likeness (QED) is 0.0718. The standard InChI is InChI=1S/C25H36N5O8P/c1-25(26,18-37-39(33,34)35)15-14-19-8-10-20(11-9-19)36-17-7-5-3-2-4-6-16-27-21-12-13-22(30(31)32)24-23(21)28-38-29-24/h8-13,27H,2-7,14-18,26H2,1H3,(H2,33,34,35)/t25-/m1/s1. The number of ether oxygens (including phenoxy) is 1. The van der Waals surface area contributed by atoms with Gasteiger partial charge in [0.05, 0.1) is 23.8 Å². The van der Waals surface area contributed by atoms with Gasteiger partial charge >= 0.3 is 13.5 Å². The SMILES string of the molecule is C[C@@](N)(CCc1ccc(OCCCCCCCCNc2ccc([N+](=O)[O-])c3nonc23)cc1)COP(=O)(O)O. The molecule has 0 saturated heterocycles. The number of nitrogens with zero attached hydrogens (tertiary/aromatic N) is 3. The molecule has 0 saturated carbocycles. The number of aromatic nitrogens is 2. The molecule has 214 valence electrons. The highest BCUT2D eigenvalue weighted by Gasteiger charge is 2.24. The number of benzene rings is 2. The predicted molar refractivity (Wildman–Crippen MR) is 145 cm³/mol. The molecule has 5 N–H and O–H groups in total. The molecule has 0 radical (unpaired) electrons. The summed E-state index contributed by atoms with van der Waals surface area (Å²) >= 11 is 0. The van der Waals surface area contributed by atoms with E-state index in [0.29, 0.717) is 30.7 Å². The van der Waals surface area contributed by atoms with E-state index < -0.39 is 18.3 Å².